The number of benzene rings is 2. The predicted octanol–water partition coefficient (Wildman–Crippen LogP) is 4.04. The van der Waals surface area contributed by atoms with E-state index in [0.717, 1.165) is 5.56 Å². The number of ether oxygens (including phenoxy) is 3. The van der Waals surface area contributed by atoms with Gasteiger partial charge in [-0.1, -0.05) is 29.8 Å². The highest BCUT2D eigenvalue weighted by atomic mass is 16.5. The Morgan fingerprint density at radius 1 is 1.08 bits per heavy atom. The van der Waals surface area contributed by atoms with Gasteiger partial charge in [-0.3, -0.25) is 0 Å². The second-order valence-corrected chi connectivity index (χ2v) is 5.42. The van der Waals surface area contributed by atoms with E-state index in [0.29, 0.717) is 35.0 Å². The molecule has 5 nitrogen and oxygen atoms in total. The summed E-state index contributed by atoms with van der Waals surface area (Å²) in [5.74, 6) is 0.467. The quantitative estimate of drug-likeness (QED) is 0.608. The molecule has 0 spiro atoms. The van der Waals surface area contributed by atoms with E-state index < -0.39 is 5.97 Å². The molecule has 0 amide bonds. The van der Waals surface area contributed by atoms with Crippen LogP contribution in [0, 0.1) is 6.92 Å². The maximum Gasteiger partial charge on any atom is 0.336 e. The third-order valence-corrected chi connectivity index (χ3v) is 3.68. The summed E-state index contributed by atoms with van der Waals surface area (Å²) < 4.78 is 16.3. The third-order valence-electron chi connectivity index (χ3n) is 3.68. The van der Waals surface area contributed by atoms with Gasteiger partial charge in [-0.15, -0.1) is 0 Å². The number of carboxylic acids is 1. The van der Waals surface area contributed by atoms with E-state index in [2.05, 4.69) is 0 Å². The molecule has 0 saturated heterocycles. The molecule has 0 aliphatic carbocycles. The maximum atomic E-state index is 11.7. The van der Waals surface area contributed by atoms with E-state index in [-0.39, 0.29) is 5.57 Å². The van der Waals surface area contributed by atoms with Crippen LogP contribution in [0.1, 0.15) is 23.6 Å². The standard InChI is InChI=1S/C20H22O5/c1-5-25-19-17(23-3)11-14(12-18(19)24-4)10-16(20(21)22)15-8-6-13(2)7-9-15/h6-12H,5H2,1-4H3,(H,21,22)/b16-10-. The molecule has 0 aliphatic rings. The van der Waals surface area contributed by atoms with E-state index in [9.17, 15) is 9.90 Å². The van der Waals surface area contributed by atoms with Crippen LogP contribution in [-0.2, 0) is 4.79 Å². The molecule has 0 atom stereocenters. The summed E-state index contributed by atoms with van der Waals surface area (Å²) in [4.78, 5) is 11.7. The Morgan fingerprint density at radius 2 is 1.64 bits per heavy atom. The van der Waals surface area contributed by atoms with Crippen molar-refractivity contribution >= 4 is 17.6 Å². The average Bonchev–Trinajstić information content (AvgIpc) is 2.61. The van der Waals surface area contributed by atoms with Crippen molar-refractivity contribution in [2.24, 2.45) is 0 Å². The zero-order valence-corrected chi connectivity index (χ0v) is 14.8. The Hall–Kier alpha value is -2.95. The lowest BCUT2D eigenvalue weighted by atomic mass is 10.0. The van der Waals surface area contributed by atoms with Crippen LogP contribution < -0.4 is 14.2 Å². The van der Waals surface area contributed by atoms with Gasteiger partial charge in [-0.2, -0.15) is 0 Å². The minimum atomic E-state index is -1.00. The van der Waals surface area contributed by atoms with Gasteiger partial charge < -0.3 is 19.3 Å². The molecule has 2 rings (SSSR count). The largest absolute Gasteiger partial charge is 0.493 e. The molecule has 2 aromatic carbocycles. The first-order valence-electron chi connectivity index (χ1n) is 7.91. The van der Waals surface area contributed by atoms with Crippen LogP contribution in [0.4, 0.5) is 0 Å². The van der Waals surface area contributed by atoms with Crippen LogP contribution >= 0.6 is 0 Å². The summed E-state index contributed by atoms with van der Waals surface area (Å²) in [7, 11) is 3.06. The summed E-state index contributed by atoms with van der Waals surface area (Å²) in [5, 5.41) is 9.59. The SMILES string of the molecule is CCOc1c(OC)cc(/C=C(\C(=O)O)c2ccc(C)cc2)cc1OC. The van der Waals surface area contributed by atoms with Crippen molar-refractivity contribution in [3.8, 4) is 17.2 Å². The molecule has 0 radical (unpaired) electrons. The fourth-order valence-electron chi connectivity index (χ4n) is 2.44. The van der Waals surface area contributed by atoms with Crippen LogP contribution in [0.25, 0.3) is 11.6 Å². The molecule has 0 bridgehead atoms. The predicted molar refractivity (Wildman–Crippen MR) is 97.4 cm³/mol. The normalized spacial score (nSPS) is 11.1. The van der Waals surface area contributed by atoms with Crippen molar-refractivity contribution < 1.29 is 24.1 Å². The van der Waals surface area contributed by atoms with Gasteiger partial charge in [-0.05, 0) is 43.2 Å². The highest BCUT2D eigenvalue weighted by Crippen LogP contribution is 2.39. The highest BCUT2D eigenvalue weighted by molar-refractivity contribution is 6.20. The van der Waals surface area contributed by atoms with Gasteiger partial charge >= 0.3 is 5.97 Å². The fourth-order valence-corrected chi connectivity index (χ4v) is 2.44. The Balaban J connectivity index is 2.56. The summed E-state index contributed by atoms with van der Waals surface area (Å²) in [6.45, 7) is 4.29. The van der Waals surface area contributed by atoms with Gasteiger partial charge in [0, 0.05) is 0 Å². The molecule has 0 heterocycles. The topological polar surface area (TPSA) is 65.0 Å². The van der Waals surface area contributed by atoms with Crippen molar-refractivity contribution in [1.82, 2.24) is 0 Å². The lowest BCUT2D eigenvalue weighted by Gasteiger charge is -2.14. The number of carboxylic acid groups (broad SMARTS) is 1. The van der Waals surface area contributed by atoms with Gasteiger partial charge in [0.15, 0.2) is 11.5 Å². The molecule has 0 aromatic heterocycles. The Kier molecular flexibility index (Phi) is 6.06. The molecule has 25 heavy (non-hydrogen) atoms. The van der Waals surface area contributed by atoms with Gasteiger partial charge in [-0.25, -0.2) is 4.79 Å². The first kappa shape index (κ1) is 18.4. The number of rotatable bonds is 7. The van der Waals surface area contributed by atoms with E-state index in [1.165, 1.54) is 14.2 Å². The lowest BCUT2D eigenvalue weighted by Crippen LogP contribution is -2.01. The molecular formula is C20H22O5. The minimum Gasteiger partial charge on any atom is -0.493 e. The minimum absolute atomic E-state index is 0.188. The Morgan fingerprint density at radius 3 is 2.08 bits per heavy atom. The highest BCUT2D eigenvalue weighted by Gasteiger charge is 2.15. The number of carbonyl (C=O) groups is 1. The van der Waals surface area contributed by atoms with Gasteiger partial charge in [0.25, 0.3) is 0 Å². The van der Waals surface area contributed by atoms with Gasteiger partial charge in [0.05, 0.1) is 26.4 Å². The average molecular weight is 342 g/mol. The van der Waals surface area contributed by atoms with Crippen LogP contribution in [0.3, 0.4) is 0 Å². The van der Waals surface area contributed by atoms with E-state index in [1.54, 1.807) is 30.3 Å². The van der Waals surface area contributed by atoms with Crippen molar-refractivity contribution in [3.63, 3.8) is 0 Å². The molecule has 0 aliphatic heterocycles. The summed E-state index contributed by atoms with van der Waals surface area (Å²) >= 11 is 0. The van der Waals surface area contributed by atoms with Gasteiger partial charge in [0.1, 0.15) is 0 Å². The lowest BCUT2D eigenvalue weighted by molar-refractivity contribution is -0.130. The van der Waals surface area contributed by atoms with Crippen molar-refractivity contribution in [2.75, 3.05) is 20.8 Å². The Bertz CT molecular complexity index is 750. The number of hydrogen-bond donors (Lipinski definition) is 1. The molecule has 0 saturated carbocycles. The molecule has 1 N–H and O–H groups in total. The number of aryl methyl sites for hydroxylation is 1. The molecule has 5 heteroatoms. The molecular weight excluding hydrogens is 320 g/mol. The zero-order valence-electron chi connectivity index (χ0n) is 14.8. The van der Waals surface area contributed by atoms with Crippen molar-refractivity contribution in [3.05, 3.63) is 53.1 Å². The molecule has 0 fully saturated rings. The molecule has 0 unspecified atom stereocenters. The second-order valence-electron chi connectivity index (χ2n) is 5.42. The second kappa shape index (κ2) is 8.24. The Labute approximate surface area is 147 Å². The monoisotopic (exact) mass is 342 g/mol. The van der Waals surface area contributed by atoms with E-state index in [4.69, 9.17) is 14.2 Å². The summed E-state index contributed by atoms with van der Waals surface area (Å²) in [6, 6.07) is 10.8. The van der Waals surface area contributed by atoms with Crippen molar-refractivity contribution in [2.45, 2.75) is 13.8 Å². The number of hydrogen-bond acceptors (Lipinski definition) is 4. The number of aliphatic carboxylic acids is 1. The van der Waals surface area contributed by atoms with Gasteiger partial charge in [0.2, 0.25) is 5.75 Å². The van der Waals surface area contributed by atoms with Crippen molar-refractivity contribution in [1.29, 1.82) is 0 Å². The van der Waals surface area contributed by atoms with Crippen LogP contribution in [0.5, 0.6) is 17.2 Å². The number of methoxy groups -OCH3 is 2. The molecule has 132 valence electrons. The van der Waals surface area contributed by atoms with E-state index in [1.807, 2.05) is 26.0 Å². The molecule has 2 aromatic rings. The maximum absolute atomic E-state index is 11.7. The third kappa shape index (κ3) is 4.32. The smallest absolute Gasteiger partial charge is 0.336 e. The first-order valence-corrected chi connectivity index (χ1v) is 7.91. The van der Waals surface area contributed by atoms with Crippen LogP contribution in [0.2, 0.25) is 0 Å². The first-order chi connectivity index (χ1) is 12.0. The summed E-state index contributed by atoms with van der Waals surface area (Å²) in [6.07, 6.45) is 1.59. The van der Waals surface area contributed by atoms with Crippen LogP contribution in [-0.4, -0.2) is 31.9 Å². The summed E-state index contributed by atoms with van der Waals surface area (Å²) in [5.41, 5.74) is 2.53. The fraction of sp³-hybridized carbons (Fsp3) is 0.250. The van der Waals surface area contributed by atoms with E-state index >= 15 is 0 Å². The van der Waals surface area contributed by atoms with Crippen LogP contribution in [0.15, 0.2) is 36.4 Å². The zero-order chi connectivity index (χ0) is 18.4.